The molecule has 0 radical (unpaired) electrons. The SMILES string of the molecule is CN1C(=O)C(F)(F)C(c2ccc(C#N)cc2)c2cc(C(F)(F)F)ccc21. The number of hydrogen-bond donors (Lipinski definition) is 0. The second kappa shape index (κ2) is 5.80. The van der Waals surface area contributed by atoms with E-state index < -0.39 is 29.5 Å². The molecule has 0 saturated carbocycles. The van der Waals surface area contributed by atoms with Crippen LogP contribution >= 0.6 is 0 Å². The Balaban J connectivity index is 2.26. The van der Waals surface area contributed by atoms with Crippen molar-refractivity contribution < 1.29 is 26.7 Å². The Kier molecular flexibility index (Phi) is 3.98. The predicted molar refractivity (Wildman–Crippen MR) is 82.8 cm³/mol. The fourth-order valence-corrected chi connectivity index (χ4v) is 3.06. The lowest BCUT2D eigenvalue weighted by Crippen LogP contribution is -2.50. The summed E-state index contributed by atoms with van der Waals surface area (Å²) in [6, 6.07) is 9.25. The Morgan fingerprint density at radius 2 is 1.73 bits per heavy atom. The van der Waals surface area contributed by atoms with Crippen molar-refractivity contribution in [1.82, 2.24) is 0 Å². The first-order valence-corrected chi connectivity index (χ1v) is 7.44. The largest absolute Gasteiger partial charge is 0.416 e. The molecule has 3 nitrogen and oxygen atoms in total. The topological polar surface area (TPSA) is 44.1 Å². The summed E-state index contributed by atoms with van der Waals surface area (Å²) in [7, 11) is 1.09. The van der Waals surface area contributed by atoms with Crippen molar-refractivity contribution in [2.45, 2.75) is 18.0 Å². The van der Waals surface area contributed by atoms with Gasteiger partial charge >= 0.3 is 12.1 Å². The molecule has 3 rings (SSSR count). The number of alkyl halides is 5. The molecule has 1 unspecified atom stereocenters. The number of carbonyl (C=O) groups is 1. The van der Waals surface area contributed by atoms with Gasteiger partial charge in [-0.15, -0.1) is 0 Å². The monoisotopic (exact) mass is 366 g/mol. The molecule has 0 spiro atoms. The zero-order chi connectivity index (χ0) is 19.3. The Bertz CT molecular complexity index is 913. The van der Waals surface area contributed by atoms with Gasteiger partial charge in [-0.25, -0.2) is 0 Å². The quantitative estimate of drug-likeness (QED) is 0.706. The highest BCUT2D eigenvalue weighted by molar-refractivity contribution is 6.02. The number of hydrogen-bond acceptors (Lipinski definition) is 2. The van der Waals surface area contributed by atoms with E-state index in [0.717, 1.165) is 19.2 Å². The minimum atomic E-state index is -4.71. The van der Waals surface area contributed by atoms with Gasteiger partial charge in [-0.05, 0) is 41.5 Å². The molecule has 0 fully saturated rings. The van der Waals surface area contributed by atoms with Crippen LogP contribution in [0.1, 0.15) is 28.2 Å². The molecule has 0 N–H and O–H groups in total. The highest BCUT2D eigenvalue weighted by Gasteiger charge is 2.55. The van der Waals surface area contributed by atoms with Gasteiger partial charge in [0.2, 0.25) is 0 Å². The molecule has 0 aromatic heterocycles. The van der Waals surface area contributed by atoms with Crippen molar-refractivity contribution in [2.24, 2.45) is 0 Å². The van der Waals surface area contributed by atoms with Gasteiger partial charge in [-0.2, -0.15) is 27.2 Å². The molecule has 1 amide bonds. The zero-order valence-corrected chi connectivity index (χ0v) is 13.3. The van der Waals surface area contributed by atoms with E-state index in [1.54, 1.807) is 0 Å². The Morgan fingerprint density at radius 1 is 1.12 bits per heavy atom. The zero-order valence-electron chi connectivity index (χ0n) is 13.3. The lowest BCUT2D eigenvalue weighted by molar-refractivity contribution is -0.145. The van der Waals surface area contributed by atoms with Crippen molar-refractivity contribution >= 4 is 11.6 Å². The average molecular weight is 366 g/mol. The molecule has 0 saturated heterocycles. The summed E-state index contributed by atoms with van der Waals surface area (Å²) in [5.41, 5.74) is -1.22. The molecular weight excluding hydrogens is 355 g/mol. The summed E-state index contributed by atoms with van der Waals surface area (Å²) in [6.45, 7) is 0. The third-order valence-electron chi connectivity index (χ3n) is 4.35. The van der Waals surface area contributed by atoms with Gasteiger partial charge in [-0.1, -0.05) is 12.1 Å². The number of benzene rings is 2. The molecule has 0 aliphatic carbocycles. The molecule has 1 aliphatic heterocycles. The van der Waals surface area contributed by atoms with Crippen LogP contribution < -0.4 is 4.90 Å². The predicted octanol–water partition coefficient (Wildman–Crippen LogP) is 4.32. The Labute approximate surface area is 145 Å². The number of rotatable bonds is 1. The lowest BCUT2D eigenvalue weighted by atomic mass is 9.80. The molecule has 0 bridgehead atoms. The van der Waals surface area contributed by atoms with Crippen molar-refractivity contribution in [3.8, 4) is 6.07 Å². The smallest absolute Gasteiger partial charge is 0.310 e. The number of anilines is 1. The van der Waals surface area contributed by atoms with Gasteiger partial charge < -0.3 is 4.90 Å². The third kappa shape index (κ3) is 2.69. The van der Waals surface area contributed by atoms with E-state index in [-0.39, 0.29) is 22.4 Å². The molecule has 2 aromatic carbocycles. The van der Waals surface area contributed by atoms with Crippen LogP contribution in [0.15, 0.2) is 42.5 Å². The van der Waals surface area contributed by atoms with Crippen molar-refractivity contribution in [2.75, 3.05) is 11.9 Å². The summed E-state index contributed by atoms with van der Waals surface area (Å²) in [5, 5.41) is 8.82. The number of nitriles is 1. The van der Waals surface area contributed by atoms with Crippen LogP contribution in [-0.2, 0) is 11.0 Å². The van der Waals surface area contributed by atoms with Crippen LogP contribution in [0.5, 0.6) is 0 Å². The summed E-state index contributed by atoms with van der Waals surface area (Å²) < 4.78 is 68.6. The van der Waals surface area contributed by atoms with Crippen LogP contribution in [-0.4, -0.2) is 18.9 Å². The number of amides is 1. The first kappa shape index (κ1) is 17.9. The van der Waals surface area contributed by atoms with E-state index in [2.05, 4.69) is 0 Å². The van der Waals surface area contributed by atoms with Gasteiger partial charge in [0.15, 0.2) is 0 Å². The minimum absolute atomic E-state index is 0.0108. The molecule has 2 aromatic rings. The highest BCUT2D eigenvalue weighted by Crippen LogP contribution is 2.49. The second-order valence-electron chi connectivity index (χ2n) is 5.93. The standard InChI is InChI=1S/C18H11F5N2O/c1-25-14-7-6-12(18(21,22)23)8-13(14)15(17(19,20)16(25)26)11-4-2-10(9-24)3-5-11/h2-8,15H,1H3. The average Bonchev–Trinajstić information content (AvgIpc) is 2.59. The maximum absolute atomic E-state index is 14.8. The van der Waals surface area contributed by atoms with Gasteiger partial charge in [0, 0.05) is 12.7 Å². The summed E-state index contributed by atoms with van der Waals surface area (Å²) in [4.78, 5) is 12.8. The first-order valence-electron chi connectivity index (χ1n) is 7.44. The number of halogens is 5. The Morgan fingerprint density at radius 3 is 2.27 bits per heavy atom. The molecule has 1 aliphatic rings. The van der Waals surface area contributed by atoms with E-state index in [1.165, 1.54) is 24.3 Å². The van der Waals surface area contributed by atoms with Crippen LogP contribution in [0.25, 0.3) is 0 Å². The van der Waals surface area contributed by atoms with Crippen molar-refractivity contribution in [3.05, 3.63) is 64.7 Å². The van der Waals surface area contributed by atoms with E-state index in [1.807, 2.05) is 6.07 Å². The normalized spacial score (nSPS) is 19.0. The lowest BCUT2D eigenvalue weighted by Gasteiger charge is -2.38. The van der Waals surface area contributed by atoms with E-state index >= 15 is 0 Å². The van der Waals surface area contributed by atoms with Crippen molar-refractivity contribution in [1.29, 1.82) is 5.26 Å². The highest BCUT2D eigenvalue weighted by atomic mass is 19.4. The number of nitrogens with zero attached hydrogens (tertiary/aromatic N) is 2. The molecule has 1 heterocycles. The molecule has 1 atom stereocenters. The molecule has 8 heteroatoms. The van der Waals surface area contributed by atoms with Gasteiger partial charge in [-0.3, -0.25) is 4.79 Å². The van der Waals surface area contributed by atoms with Gasteiger partial charge in [0.1, 0.15) is 0 Å². The minimum Gasteiger partial charge on any atom is -0.310 e. The number of fused-ring (bicyclic) bond motifs is 1. The maximum atomic E-state index is 14.8. The van der Waals surface area contributed by atoms with Crippen LogP contribution in [0.3, 0.4) is 0 Å². The van der Waals surface area contributed by atoms with Crippen LogP contribution in [0, 0.1) is 11.3 Å². The first-order chi connectivity index (χ1) is 12.1. The number of carbonyl (C=O) groups excluding carboxylic acids is 1. The Hall–Kier alpha value is -2.95. The molecule has 26 heavy (non-hydrogen) atoms. The summed E-state index contributed by atoms with van der Waals surface area (Å²) in [5.74, 6) is -7.31. The van der Waals surface area contributed by atoms with E-state index in [0.29, 0.717) is 11.0 Å². The van der Waals surface area contributed by atoms with E-state index in [9.17, 15) is 26.7 Å². The van der Waals surface area contributed by atoms with Crippen LogP contribution in [0.4, 0.5) is 27.6 Å². The van der Waals surface area contributed by atoms with Gasteiger partial charge in [0.25, 0.3) is 5.91 Å². The molecular formula is C18H11F5N2O. The van der Waals surface area contributed by atoms with Gasteiger partial charge in [0.05, 0.1) is 23.1 Å². The maximum Gasteiger partial charge on any atom is 0.416 e. The fourth-order valence-electron chi connectivity index (χ4n) is 3.06. The summed E-state index contributed by atoms with van der Waals surface area (Å²) >= 11 is 0. The second-order valence-corrected chi connectivity index (χ2v) is 5.93. The third-order valence-corrected chi connectivity index (χ3v) is 4.35. The van der Waals surface area contributed by atoms with E-state index in [4.69, 9.17) is 5.26 Å². The van der Waals surface area contributed by atoms with Crippen LogP contribution in [0.2, 0.25) is 0 Å². The van der Waals surface area contributed by atoms with Crippen molar-refractivity contribution in [3.63, 3.8) is 0 Å². The summed E-state index contributed by atoms with van der Waals surface area (Å²) in [6.07, 6.45) is -4.71. The molecule has 134 valence electrons. The fraction of sp³-hybridized carbons (Fsp3) is 0.222.